The first-order chi connectivity index (χ1) is 7.77. The maximum absolute atomic E-state index is 11.8. The van der Waals surface area contributed by atoms with Crippen molar-refractivity contribution in [1.29, 1.82) is 0 Å². The van der Waals surface area contributed by atoms with Gasteiger partial charge in [0, 0.05) is 6.54 Å². The van der Waals surface area contributed by atoms with Crippen LogP contribution in [0.3, 0.4) is 0 Å². The van der Waals surface area contributed by atoms with Crippen molar-refractivity contribution in [3.8, 4) is 0 Å². The van der Waals surface area contributed by atoms with E-state index in [1.54, 1.807) is 0 Å². The lowest BCUT2D eigenvalue weighted by atomic mass is 9.98. The monoisotopic (exact) mass is 286 g/mol. The average molecular weight is 287 g/mol. The van der Waals surface area contributed by atoms with Gasteiger partial charge in [0.2, 0.25) is 0 Å². The van der Waals surface area contributed by atoms with Crippen molar-refractivity contribution in [1.82, 2.24) is 20.8 Å². The van der Waals surface area contributed by atoms with E-state index in [9.17, 15) is 4.79 Å². The van der Waals surface area contributed by atoms with Crippen LogP contribution >= 0.6 is 15.9 Å². The molecule has 1 amide bonds. The molecule has 88 valence electrons. The molecule has 0 spiro atoms. The van der Waals surface area contributed by atoms with Crippen LogP contribution in [-0.4, -0.2) is 35.7 Å². The Morgan fingerprint density at radius 2 is 2.31 bits per heavy atom. The van der Waals surface area contributed by atoms with Gasteiger partial charge >= 0.3 is 0 Å². The molecule has 0 radical (unpaired) electrons. The zero-order valence-corrected chi connectivity index (χ0v) is 10.5. The predicted octanol–water partition coefficient (Wildman–Crippen LogP) is 0.902. The van der Waals surface area contributed by atoms with Crippen LogP contribution in [0.5, 0.6) is 0 Å². The number of piperidine rings is 1. The number of hydrogen-bond donors (Lipinski definition) is 3. The Morgan fingerprint density at radius 1 is 1.56 bits per heavy atom. The summed E-state index contributed by atoms with van der Waals surface area (Å²) in [7, 11) is 0. The third-order valence-electron chi connectivity index (χ3n) is 2.85. The normalized spacial score (nSPS) is 17.3. The number of aromatic nitrogens is 2. The van der Waals surface area contributed by atoms with Crippen molar-refractivity contribution >= 4 is 21.8 Å². The molecule has 1 aliphatic rings. The van der Waals surface area contributed by atoms with E-state index in [1.807, 2.05) is 0 Å². The molecule has 0 saturated carbocycles. The minimum atomic E-state index is -0.0702. The number of H-pyrrole nitrogens is 1. The van der Waals surface area contributed by atoms with Crippen LogP contribution in [0.4, 0.5) is 0 Å². The molecule has 2 heterocycles. The maximum atomic E-state index is 11.8. The van der Waals surface area contributed by atoms with Gasteiger partial charge in [-0.2, -0.15) is 5.10 Å². The Balaban J connectivity index is 1.81. The van der Waals surface area contributed by atoms with E-state index in [4.69, 9.17) is 0 Å². The van der Waals surface area contributed by atoms with Crippen LogP contribution < -0.4 is 10.6 Å². The summed E-state index contributed by atoms with van der Waals surface area (Å²) in [5.41, 5.74) is 0.564. The lowest BCUT2D eigenvalue weighted by Crippen LogP contribution is -2.35. The Morgan fingerprint density at radius 3 is 2.94 bits per heavy atom. The molecule has 1 saturated heterocycles. The summed E-state index contributed by atoms with van der Waals surface area (Å²) in [4.78, 5) is 11.8. The van der Waals surface area contributed by atoms with Gasteiger partial charge in [0.25, 0.3) is 5.91 Å². The zero-order valence-electron chi connectivity index (χ0n) is 8.92. The van der Waals surface area contributed by atoms with Crippen molar-refractivity contribution in [2.45, 2.75) is 12.8 Å². The first kappa shape index (κ1) is 11.6. The first-order valence-electron chi connectivity index (χ1n) is 5.45. The highest BCUT2D eigenvalue weighted by molar-refractivity contribution is 9.10. The third-order valence-corrected chi connectivity index (χ3v) is 3.45. The molecule has 1 aromatic heterocycles. The van der Waals surface area contributed by atoms with Crippen LogP contribution in [0.1, 0.15) is 23.2 Å². The molecule has 0 aromatic carbocycles. The van der Waals surface area contributed by atoms with Crippen LogP contribution in [0.2, 0.25) is 0 Å². The average Bonchev–Trinajstić information content (AvgIpc) is 2.74. The van der Waals surface area contributed by atoms with Gasteiger partial charge in [-0.25, -0.2) is 0 Å². The Bertz CT molecular complexity index is 359. The van der Waals surface area contributed by atoms with E-state index in [-0.39, 0.29) is 5.91 Å². The van der Waals surface area contributed by atoms with Crippen LogP contribution in [0.15, 0.2) is 10.8 Å². The number of carbonyl (C=O) groups is 1. The Hall–Kier alpha value is -0.880. The largest absolute Gasteiger partial charge is 0.352 e. The molecule has 5 nitrogen and oxygen atoms in total. The van der Waals surface area contributed by atoms with Crippen molar-refractivity contribution in [2.75, 3.05) is 19.6 Å². The minimum Gasteiger partial charge on any atom is -0.352 e. The van der Waals surface area contributed by atoms with Gasteiger partial charge in [-0.3, -0.25) is 9.89 Å². The summed E-state index contributed by atoms with van der Waals surface area (Å²) in [6.45, 7) is 2.85. The lowest BCUT2D eigenvalue weighted by molar-refractivity contribution is 0.0943. The summed E-state index contributed by atoms with van der Waals surface area (Å²) in [5.74, 6) is 0.523. The van der Waals surface area contributed by atoms with E-state index in [2.05, 4.69) is 36.8 Å². The number of nitrogens with one attached hydrogen (secondary N) is 3. The van der Waals surface area contributed by atoms with E-state index in [0.717, 1.165) is 32.5 Å². The number of hydrogen-bond acceptors (Lipinski definition) is 3. The van der Waals surface area contributed by atoms with E-state index >= 15 is 0 Å². The molecule has 3 N–H and O–H groups in total. The number of carbonyl (C=O) groups excluding carboxylic acids is 1. The highest BCUT2D eigenvalue weighted by Crippen LogP contribution is 2.13. The molecule has 2 rings (SSSR count). The summed E-state index contributed by atoms with van der Waals surface area (Å²) >= 11 is 3.24. The highest BCUT2D eigenvalue weighted by Gasteiger charge is 2.16. The number of halogens is 1. The Labute approximate surface area is 103 Å². The van der Waals surface area contributed by atoms with Crippen molar-refractivity contribution in [3.63, 3.8) is 0 Å². The molecule has 0 aliphatic carbocycles. The van der Waals surface area contributed by atoms with Gasteiger partial charge in [0.15, 0.2) is 0 Å². The van der Waals surface area contributed by atoms with Gasteiger partial charge in [0.1, 0.15) is 4.60 Å². The van der Waals surface area contributed by atoms with Crippen molar-refractivity contribution < 1.29 is 4.79 Å². The van der Waals surface area contributed by atoms with E-state index in [0.29, 0.717) is 16.1 Å². The van der Waals surface area contributed by atoms with Crippen molar-refractivity contribution in [3.05, 3.63) is 16.4 Å². The van der Waals surface area contributed by atoms with Crippen LogP contribution in [-0.2, 0) is 0 Å². The maximum Gasteiger partial charge on any atom is 0.255 e. The van der Waals surface area contributed by atoms with Gasteiger partial charge in [-0.15, -0.1) is 0 Å². The standard InChI is InChI=1S/C10H15BrN4O/c11-9-8(6-14-15-9)10(16)13-5-7-1-3-12-4-2-7/h6-7,12H,1-5H2,(H,13,16)(H,14,15). The topological polar surface area (TPSA) is 69.8 Å². The second kappa shape index (κ2) is 5.45. The molecular weight excluding hydrogens is 272 g/mol. The van der Waals surface area contributed by atoms with Crippen molar-refractivity contribution in [2.24, 2.45) is 5.92 Å². The molecule has 0 atom stereocenters. The fourth-order valence-corrected chi connectivity index (χ4v) is 2.23. The number of rotatable bonds is 3. The lowest BCUT2D eigenvalue weighted by Gasteiger charge is -2.22. The molecule has 1 aliphatic heterocycles. The second-order valence-corrected chi connectivity index (χ2v) is 4.79. The smallest absolute Gasteiger partial charge is 0.255 e. The summed E-state index contributed by atoms with van der Waals surface area (Å²) in [6, 6.07) is 0. The second-order valence-electron chi connectivity index (χ2n) is 4.00. The van der Waals surface area contributed by atoms with Gasteiger partial charge in [-0.1, -0.05) is 0 Å². The Kier molecular flexibility index (Phi) is 3.95. The van der Waals surface area contributed by atoms with Gasteiger partial charge in [-0.05, 0) is 47.8 Å². The molecule has 0 unspecified atom stereocenters. The third kappa shape index (κ3) is 2.82. The first-order valence-corrected chi connectivity index (χ1v) is 6.24. The van der Waals surface area contributed by atoms with Gasteiger partial charge in [0.05, 0.1) is 11.8 Å². The number of nitrogens with zero attached hydrogens (tertiary/aromatic N) is 1. The molecule has 1 aromatic rings. The summed E-state index contributed by atoms with van der Waals surface area (Å²) in [5, 5.41) is 12.7. The van der Waals surface area contributed by atoms with Crippen LogP contribution in [0, 0.1) is 5.92 Å². The molecule has 16 heavy (non-hydrogen) atoms. The highest BCUT2D eigenvalue weighted by atomic mass is 79.9. The molecular formula is C10H15BrN4O. The number of aromatic amines is 1. The summed E-state index contributed by atoms with van der Waals surface area (Å²) in [6.07, 6.45) is 3.79. The minimum absolute atomic E-state index is 0.0702. The SMILES string of the molecule is O=C(NCC1CCNCC1)c1cn[nH]c1Br. The predicted molar refractivity (Wildman–Crippen MR) is 64.2 cm³/mol. The zero-order chi connectivity index (χ0) is 11.4. The fraction of sp³-hybridized carbons (Fsp3) is 0.600. The fourth-order valence-electron chi connectivity index (χ4n) is 1.85. The van der Waals surface area contributed by atoms with Gasteiger partial charge < -0.3 is 10.6 Å². The molecule has 0 bridgehead atoms. The number of amides is 1. The summed E-state index contributed by atoms with van der Waals surface area (Å²) < 4.78 is 0.635. The van der Waals surface area contributed by atoms with Crippen LogP contribution in [0.25, 0.3) is 0 Å². The molecule has 6 heteroatoms. The quantitative estimate of drug-likeness (QED) is 0.773. The van der Waals surface area contributed by atoms with E-state index < -0.39 is 0 Å². The van der Waals surface area contributed by atoms with E-state index in [1.165, 1.54) is 6.20 Å². The molecule has 1 fully saturated rings.